The highest BCUT2D eigenvalue weighted by atomic mass is 32.1. The van der Waals surface area contributed by atoms with Crippen LogP contribution in [0.3, 0.4) is 0 Å². The molecule has 18 heavy (non-hydrogen) atoms. The quantitative estimate of drug-likeness (QED) is 0.662. The van der Waals surface area contributed by atoms with Crippen molar-refractivity contribution < 1.29 is 13.2 Å². The predicted molar refractivity (Wildman–Crippen MR) is 65.0 cm³/mol. The lowest BCUT2D eigenvalue weighted by molar-refractivity contribution is -0.136. The molecule has 0 aliphatic rings. The summed E-state index contributed by atoms with van der Waals surface area (Å²) in [7, 11) is 0. The molecule has 3 rings (SSSR count). The largest absolute Gasteiger partial charge is 0.417 e. The van der Waals surface area contributed by atoms with E-state index in [0.29, 0.717) is 11.5 Å². The van der Waals surface area contributed by atoms with E-state index in [0.717, 1.165) is 16.0 Å². The number of benzene rings is 1. The molecule has 0 saturated heterocycles. The van der Waals surface area contributed by atoms with Crippen LogP contribution in [0.25, 0.3) is 20.3 Å². The van der Waals surface area contributed by atoms with Crippen LogP contribution in [-0.4, -0.2) is 4.98 Å². The van der Waals surface area contributed by atoms with Gasteiger partial charge < -0.3 is 4.98 Å². The Morgan fingerprint density at radius 2 is 1.89 bits per heavy atom. The lowest BCUT2D eigenvalue weighted by Gasteiger charge is -2.07. The third kappa shape index (κ3) is 1.60. The van der Waals surface area contributed by atoms with Gasteiger partial charge in [0.05, 0.1) is 5.56 Å². The first-order valence-electron chi connectivity index (χ1n) is 5.08. The van der Waals surface area contributed by atoms with Gasteiger partial charge >= 0.3 is 6.18 Å². The van der Waals surface area contributed by atoms with Gasteiger partial charge in [-0.05, 0) is 6.07 Å². The van der Waals surface area contributed by atoms with Gasteiger partial charge in [-0.2, -0.15) is 13.2 Å². The van der Waals surface area contributed by atoms with Crippen LogP contribution < -0.4 is 5.56 Å². The first-order chi connectivity index (χ1) is 8.47. The first-order valence-corrected chi connectivity index (χ1v) is 5.90. The van der Waals surface area contributed by atoms with E-state index < -0.39 is 17.3 Å². The molecule has 1 N–H and O–H groups in total. The highest BCUT2D eigenvalue weighted by molar-refractivity contribution is 7.25. The van der Waals surface area contributed by atoms with Gasteiger partial charge in [-0.1, -0.05) is 18.2 Å². The third-order valence-electron chi connectivity index (χ3n) is 2.68. The summed E-state index contributed by atoms with van der Waals surface area (Å²) in [6.45, 7) is 0. The van der Waals surface area contributed by atoms with Crippen molar-refractivity contribution in [2.45, 2.75) is 6.18 Å². The van der Waals surface area contributed by atoms with E-state index in [1.54, 1.807) is 24.3 Å². The van der Waals surface area contributed by atoms with Crippen LogP contribution in [-0.2, 0) is 6.18 Å². The van der Waals surface area contributed by atoms with Gasteiger partial charge in [-0.25, -0.2) is 0 Å². The Bertz CT molecular complexity index is 800. The number of thiophene rings is 1. The Kier molecular flexibility index (Phi) is 2.25. The number of nitrogens with one attached hydrogen (secondary N) is 1. The molecule has 2 aromatic heterocycles. The minimum Gasteiger partial charge on any atom is -0.314 e. The molecule has 2 heterocycles. The van der Waals surface area contributed by atoms with E-state index in [-0.39, 0.29) is 10.2 Å². The van der Waals surface area contributed by atoms with Crippen LogP contribution in [0.5, 0.6) is 0 Å². The molecule has 92 valence electrons. The van der Waals surface area contributed by atoms with Gasteiger partial charge in [0.1, 0.15) is 4.83 Å². The van der Waals surface area contributed by atoms with E-state index in [4.69, 9.17) is 0 Å². The number of H-pyrrole nitrogens is 1. The molecule has 0 amide bonds. The fraction of sp³-hybridized carbons (Fsp3) is 0.0833. The zero-order valence-corrected chi connectivity index (χ0v) is 9.65. The van der Waals surface area contributed by atoms with E-state index in [1.807, 2.05) is 0 Å². The van der Waals surface area contributed by atoms with Gasteiger partial charge in [0.15, 0.2) is 0 Å². The van der Waals surface area contributed by atoms with Gasteiger partial charge in [-0.3, -0.25) is 4.79 Å². The molecule has 0 saturated carbocycles. The second kappa shape index (κ2) is 3.58. The molecule has 0 aliphatic carbocycles. The maximum Gasteiger partial charge on any atom is 0.417 e. The molecule has 0 bridgehead atoms. The summed E-state index contributed by atoms with van der Waals surface area (Å²) in [6, 6.07) is 7.41. The number of fused-ring (bicyclic) bond motifs is 3. The Morgan fingerprint density at radius 1 is 1.17 bits per heavy atom. The van der Waals surface area contributed by atoms with Gasteiger partial charge in [0.2, 0.25) is 5.56 Å². The average molecular weight is 269 g/mol. The minimum absolute atomic E-state index is 0.0719. The summed E-state index contributed by atoms with van der Waals surface area (Å²) in [5.41, 5.74) is -1.61. The summed E-state index contributed by atoms with van der Waals surface area (Å²) in [6.07, 6.45) is -4.53. The standard InChI is InChI=1S/C12H6F3NOS/c13-12(14,15)7-5-9(17)16-11-10(7)6-3-1-2-4-8(6)18-11/h1-5H,(H,16,17). The van der Waals surface area contributed by atoms with Gasteiger partial charge in [0.25, 0.3) is 0 Å². The number of hydrogen-bond donors (Lipinski definition) is 1. The lowest BCUT2D eigenvalue weighted by Crippen LogP contribution is -2.12. The summed E-state index contributed by atoms with van der Waals surface area (Å²) in [4.78, 5) is 14.0. The van der Waals surface area contributed by atoms with E-state index in [2.05, 4.69) is 4.98 Å². The van der Waals surface area contributed by atoms with E-state index in [9.17, 15) is 18.0 Å². The van der Waals surface area contributed by atoms with Gasteiger partial charge in [0, 0.05) is 21.5 Å². The Labute approximate surface area is 103 Å². The predicted octanol–water partition coefficient (Wildman–Crippen LogP) is 3.76. The van der Waals surface area contributed by atoms with Crippen molar-refractivity contribution in [2.24, 2.45) is 0 Å². The smallest absolute Gasteiger partial charge is 0.314 e. The van der Waals surface area contributed by atoms with Crippen LogP contribution in [0, 0.1) is 0 Å². The molecule has 6 heteroatoms. The second-order valence-electron chi connectivity index (χ2n) is 3.85. The maximum atomic E-state index is 13.0. The second-order valence-corrected chi connectivity index (χ2v) is 4.90. The zero-order valence-electron chi connectivity index (χ0n) is 8.84. The van der Waals surface area contributed by atoms with Crippen LogP contribution in [0.4, 0.5) is 13.2 Å². The SMILES string of the molecule is O=c1cc(C(F)(F)F)c2c([nH]1)sc1ccccc12. The van der Waals surface area contributed by atoms with Crippen molar-refractivity contribution in [3.63, 3.8) is 0 Å². The maximum absolute atomic E-state index is 13.0. The van der Waals surface area contributed by atoms with Crippen molar-refractivity contribution in [3.05, 3.63) is 46.2 Å². The molecule has 0 atom stereocenters. The zero-order chi connectivity index (χ0) is 12.9. The molecule has 2 nitrogen and oxygen atoms in total. The number of rotatable bonds is 0. The number of halogens is 3. The topological polar surface area (TPSA) is 32.9 Å². The number of aromatic amines is 1. The monoisotopic (exact) mass is 269 g/mol. The van der Waals surface area contributed by atoms with Crippen molar-refractivity contribution >= 4 is 31.6 Å². The van der Waals surface area contributed by atoms with Crippen LogP contribution in [0.1, 0.15) is 5.56 Å². The van der Waals surface area contributed by atoms with Crippen molar-refractivity contribution in [2.75, 3.05) is 0 Å². The Balaban J connectivity index is 2.58. The highest BCUT2D eigenvalue weighted by Gasteiger charge is 2.34. The van der Waals surface area contributed by atoms with Gasteiger partial charge in [-0.15, -0.1) is 11.3 Å². The molecule has 0 fully saturated rings. The molecular weight excluding hydrogens is 263 g/mol. The Hall–Kier alpha value is -1.82. The minimum atomic E-state index is -4.53. The van der Waals surface area contributed by atoms with Crippen molar-refractivity contribution in [1.82, 2.24) is 4.98 Å². The molecule has 0 radical (unpaired) electrons. The normalized spacial score (nSPS) is 12.4. The number of aromatic nitrogens is 1. The average Bonchev–Trinajstić information content (AvgIpc) is 2.64. The van der Waals surface area contributed by atoms with Crippen molar-refractivity contribution in [1.29, 1.82) is 0 Å². The summed E-state index contributed by atoms with van der Waals surface area (Å²) in [5.74, 6) is 0. The summed E-state index contributed by atoms with van der Waals surface area (Å²) in [5, 5.41) is 0.587. The number of pyridine rings is 1. The molecule has 0 spiro atoms. The lowest BCUT2D eigenvalue weighted by atomic mass is 10.1. The molecule has 3 aromatic rings. The number of hydrogen-bond acceptors (Lipinski definition) is 2. The molecular formula is C12H6F3NOS. The molecule has 0 aliphatic heterocycles. The van der Waals surface area contributed by atoms with Crippen LogP contribution in [0.15, 0.2) is 35.1 Å². The fourth-order valence-electron chi connectivity index (χ4n) is 1.98. The van der Waals surface area contributed by atoms with Crippen LogP contribution in [0.2, 0.25) is 0 Å². The van der Waals surface area contributed by atoms with Crippen LogP contribution >= 0.6 is 11.3 Å². The molecule has 1 aromatic carbocycles. The third-order valence-corrected chi connectivity index (χ3v) is 3.77. The highest BCUT2D eigenvalue weighted by Crippen LogP contribution is 2.40. The Morgan fingerprint density at radius 3 is 2.61 bits per heavy atom. The fourth-order valence-corrected chi connectivity index (χ4v) is 3.10. The summed E-state index contributed by atoms with van der Waals surface area (Å²) < 4.78 is 39.6. The van der Waals surface area contributed by atoms with E-state index in [1.165, 1.54) is 0 Å². The molecule has 0 unspecified atom stereocenters. The summed E-state index contributed by atoms with van der Waals surface area (Å²) >= 11 is 1.15. The van der Waals surface area contributed by atoms with E-state index >= 15 is 0 Å². The van der Waals surface area contributed by atoms with Crippen molar-refractivity contribution in [3.8, 4) is 0 Å². The first kappa shape index (κ1) is 11.3. The number of alkyl halides is 3.